The largest absolute Gasteiger partial charge is 0.493 e. The summed E-state index contributed by atoms with van der Waals surface area (Å²) in [5, 5.41) is 1.40. The standard InChI is InChI=1S/C29H32N2O4S/c1-6-14-35-29-26(33-4)16-20(17-27(29)34-5)19-31-24-10-8-7-9-22(24)28(32)23-12-11-21(18-25(23)31)36-15-13-30(2)3/h6-12,16-18H,1,13-15,19H2,2-5H3. The number of hydrogen-bond acceptors (Lipinski definition) is 6. The predicted molar refractivity (Wildman–Crippen MR) is 149 cm³/mol. The minimum absolute atomic E-state index is 0.0463. The van der Waals surface area contributed by atoms with Crippen LogP contribution in [0.5, 0.6) is 17.2 Å². The van der Waals surface area contributed by atoms with Gasteiger partial charge in [0.15, 0.2) is 16.9 Å². The first-order chi connectivity index (χ1) is 17.5. The van der Waals surface area contributed by atoms with E-state index in [1.165, 1.54) is 0 Å². The zero-order chi connectivity index (χ0) is 25.7. The number of methoxy groups -OCH3 is 2. The smallest absolute Gasteiger partial charge is 0.203 e. The van der Waals surface area contributed by atoms with Crippen molar-refractivity contribution in [2.75, 3.05) is 47.2 Å². The summed E-state index contributed by atoms with van der Waals surface area (Å²) in [6.07, 6.45) is 1.68. The van der Waals surface area contributed by atoms with Crippen LogP contribution in [0.25, 0.3) is 21.8 Å². The van der Waals surface area contributed by atoms with Crippen LogP contribution in [0.15, 0.2) is 76.9 Å². The Bertz CT molecular complexity index is 1420. The quantitative estimate of drug-likeness (QED) is 0.154. The summed E-state index contributed by atoms with van der Waals surface area (Å²) < 4.78 is 19.3. The number of fused-ring (bicyclic) bond motifs is 2. The fraction of sp³-hybridized carbons (Fsp3) is 0.276. The maximum atomic E-state index is 13.4. The van der Waals surface area contributed by atoms with Gasteiger partial charge in [-0.2, -0.15) is 0 Å². The average molecular weight is 505 g/mol. The Balaban J connectivity index is 1.86. The summed E-state index contributed by atoms with van der Waals surface area (Å²) in [5.41, 5.74) is 2.80. The molecule has 0 amide bonds. The molecule has 36 heavy (non-hydrogen) atoms. The number of rotatable bonds is 11. The highest BCUT2D eigenvalue weighted by Gasteiger charge is 2.17. The number of aromatic nitrogens is 1. The number of hydrogen-bond donors (Lipinski definition) is 0. The highest BCUT2D eigenvalue weighted by atomic mass is 32.2. The molecular weight excluding hydrogens is 472 g/mol. The van der Waals surface area contributed by atoms with Crippen LogP contribution >= 0.6 is 11.8 Å². The van der Waals surface area contributed by atoms with Gasteiger partial charge in [0.05, 0.1) is 25.3 Å². The molecule has 1 aromatic heterocycles. The third-order valence-corrected chi connectivity index (χ3v) is 6.93. The van der Waals surface area contributed by atoms with Gasteiger partial charge in [0.25, 0.3) is 0 Å². The summed E-state index contributed by atoms with van der Waals surface area (Å²) in [6, 6.07) is 17.8. The second-order valence-corrected chi connectivity index (χ2v) is 9.86. The maximum Gasteiger partial charge on any atom is 0.203 e. The topological polar surface area (TPSA) is 52.9 Å². The molecule has 0 aliphatic heterocycles. The van der Waals surface area contributed by atoms with Gasteiger partial charge in [-0.15, -0.1) is 11.8 Å². The Hall–Kier alpha value is -3.42. The molecule has 0 radical (unpaired) electrons. The third kappa shape index (κ3) is 5.37. The molecule has 188 valence electrons. The van der Waals surface area contributed by atoms with Crippen molar-refractivity contribution in [2.24, 2.45) is 0 Å². The Morgan fingerprint density at radius 1 is 0.972 bits per heavy atom. The first-order valence-electron chi connectivity index (χ1n) is 11.8. The van der Waals surface area contributed by atoms with Crippen molar-refractivity contribution >= 4 is 33.6 Å². The summed E-state index contributed by atoms with van der Waals surface area (Å²) in [6.45, 7) is 5.57. The molecule has 0 aliphatic carbocycles. The molecule has 0 atom stereocenters. The lowest BCUT2D eigenvalue weighted by Crippen LogP contribution is -2.15. The number of pyridine rings is 1. The van der Waals surface area contributed by atoms with Gasteiger partial charge in [0, 0.05) is 34.5 Å². The molecule has 1 heterocycles. The molecule has 3 aromatic carbocycles. The van der Waals surface area contributed by atoms with Gasteiger partial charge in [-0.25, -0.2) is 0 Å². The van der Waals surface area contributed by atoms with Gasteiger partial charge < -0.3 is 23.7 Å². The molecule has 0 saturated carbocycles. The lowest BCUT2D eigenvalue weighted by atomic mass is 10.1. The Kier molecular flexibility index (Phi) is 8.23. The average Bonchev–Trinajstić information content (AvgIpc) is 2.89. The Morgan fingerprint density at radius 2 is 1.67 bits per heavy atom. The van der Waals surface area contributed by atoms with Crippen LogP contribution in [0.4, 0.5) is 0 Å². The lowest BCUT2D eigenvalue weighted by molar-refractivity contribution is 0.300. The van der Waals surface area contributed by atoms with Crippen molar-refractivity contribution < 1.29 is 14.2 Å². The van der Waals surface area contributed by atoms with Gasteiger partial charge in [0.1, 0.15) is 6.61 Å². The second kappa shape index (κ2) is 11.5. The number of para-hydroxylation sites is 1. The number of ether oxygens (including phenoxy) is 3. The van der Waals surface area contributed by atoms with Gasteiger partial charge in [-0.05, 0) is 62.1 Å². The van der Waals surface area contributed by atoms with E-state index in [-0.39, 0.29) is 5.43 Å². The van der Waals surface area contributed by atoms with E-state index in [2.05, 4.69) is 36.2 Å². The summed E-state index contributed by atoms with van der Waals surface area (Å²) in [7, 11) is 7.36. The number of nitrogens with zero attached hydrogens (tertiary/aromatic N) is 2. The summed E-state index contributed by atoms with van der Waals surface area (Å²) in [4.78, 5) is 16.7. The highest BCUT2D eigenvalue weighted by Crippen LogP contribution is 2.39. The van der Waals surface area contributed by atoms with E-state index in [0.717, 1.165) is 33.8 Å². The SMILES string of the molecule is C=CCOc1c(OC)cc(Cn2c3ccccc3c(=O)c3ccc(SCCN(C)C)cc32)cc1OC. The van der Waals surface area contributed by atoms with Crippen LogP contribution in [0.1, 0.15) is 5.56 Å². The van der Waals surface area contributed by atoms with E-state index in [0.29, 0.717) is 41.2 Å². The van der Waals surface area contributed by atoms with E-state index < -0.39 is 0 Å². The zero-order valence-corrected chi connectivity index (χ0v) is 22.1. The molecule has 0 fully saturated rings. The van der Waals surface area contributed by atoms with E-state index >= 15 is 0 Å². The Labute approximate surface area is 216 Å². The van der Waals surface area contributed by atoms with Gasteiger partial charge in [-0.3, -0.25) is 4.79 Å². The fourth-order valence-electron chi connectivity index (χ4n) is 4.20. The molecule has 0 aliphatic rings. The molecule has 0 saturated heterocycles. The van der Waals surface area contributed by atoms with E-state index in [1.54, 1.807) is 32.1 Å². The van der Waals surface area contributed by atoms with Crippen molar-refractivity contribution in [1.29, 1.82) is 0 Å². The Morgan fingerprint density at radius 3 is 2.33 bits per heavy atom. The third-order valence-electron chi connectivity index (χ3n) is 5.96. The lowest BCUT2D eigenvalue weighted by Gasteiger charge is -2.19. The molecule has 7 heteroatoms. The normalized spacial score (nSPS) is 11.2. The molecule has 0 N–H and O–H groups in total. The van der Waals surface area contributed by atoms with Crippen LogP contribution in [-0.2, 0) is 6.54 Å². The second-order valence-electron chi connectivity index (χ2n) is 8.69. The minimum Gasteiger partial charge on any atom is -0.493 e. The molecule has 0 bridgehead atoms. The van der Waals surface area contributed by atoms with Crippen LogP contribution in [0, 0.1) is 0 Å². The first-order valence-corrected chi connectivity index (χ1v) is 12.8. The van der Waals surface area contributed by atoms with Crippen molar-refractivity contribution in [3.8, 4) is 17.2 Å². The van der Waals surface area contributed by atoms with Crippen molar-refractivity contribution in [3.05, 3.63) is 83.0 Å². The van der Waals surface area contributed by atoms with Crippen LogP contribution < -0.4 is 19.6 Å². The molecular formula is C29H32N2O4S. The summed E-state index contributed by atoms with van der Waals surface area (Å²) >= 11 is 1.79. The highest BCUT2D eigenvalue weighted by molar-refractivity contribution is 7.99. The molecule has 4 rings (SSSR count). The molecule has 4 aromatic rings. The molecule has 6 nitrogen and oxygen atoms in total. The molecule has 0 unspecified atom stereocenters. The van der Waals surface area contributed by atoms with Gasteiger partial charge >= 0.3 is 0 Å². The van der Waals surface area contributed by atoms with E-state index in [1.807, 2.05) is 48.5 Å². The summed E-state index contributed by atoms with van der Waals surface area (Å²) in [5.74, 6) is 2.68. The number of thioether (sulfide) groups is 1. The maximum absolute atomic E-state index is 13.4. The predicted octanol–water partition coefficient (Wildman–Crippen LogP) is 5.44. The minimum atomic E-state index is 0.0463. The van der Waals surface area contributed by atoms with Crippen molar-refractivity contribution in [1.82, 2.24) is 9.47 Å². The monoisotopic (exact) mass is 504 g/mol. The van der Waals surface area contributed by atoms with Crippen molar-refractivity contribution in [3.63, 3.8) is 0 Å². The fourth-order valence-corrected chi connectivity index (χ4v) is 5.25. The first kappa shape index (κ1) is 25.7. The van der Waals surface area contributed by atoms with Crippen LogP contribution in [0.3, 0.4) is 0 Å². The zero-order valence-electron chi connectivity index (χ0n) is 21.2. The van der Waals surface area contributed by atoms with Gasteiger partial charge in [0.2, 0.25) is 5.75 Å². The van der Waals surface area contributed by atoms with Gasteiger partial charge in [-0.1, -0.05) is 24.8 Å². The van der Waals surface area contributed by atoms with Crippen molar-refractivity contribution in [2.45, 2.75) is 11.4 Å². The van der Waals surface area contributed by atoms with E-state index in [9.17, 15) is 4.79 Å². The van der Waals surface area contributed by atoms with E-state index in [4.69, 9.17) is 14.2 Å². The van der Waals surface area contributed by atoms with Crippen LogP contribution in [0.2, 0.25) is 0 Å². The van der Waals surface area contributed by atoms with Crippen LogP contribution in [-0.4, -0.2) is 56.7 Å². The number of benzene rings is 3. The molecule has 0 spiro atoms.